The molecule has 4 nitrogen and oxygen atoms in total. The first-order chi connectivity index (χ1) is 11.6. The number of aryl methyl sites for hydroxylation is 1. The summed E-state index contributed by atoms with van der Waals surface area (Å²) in [5.41, 5.74) is 2.83. The third-order valence-electron chi connectivity index (χ3n) is 3.52. The van der Waals surface area contributed by atoms with E-state index in [4.69, 9.17) is 0 Å². The molecule has 1 aromatic heterocycles. The summed E-state index contributed by atoms with van der Waals surface area (Å²) >= 11 is 1.38. The van der Waals surface area contributed by atoms with E-state index in [1.165, 1.54) is 11.3 Å². The Hall–Kier alpha value is -2.92. The maximum Gasteiger partial charge on any atom is 0.265 e. The van der Waals surface area contributed by atoms with E-state index in [0.29, 0.717) is 21.8 Å². The van der Waals surface area contributed by atoms with Crippen molar-refractivity contribution in [2.24, 2.45) is 0 Å². The van der Waals surface area contributed by atoms with Crippen molar-refractivity contribution in [1.29, 1.82) is 0 Å². The van der Waals surface area contributed by atoms with E-state index in [2.05, 4.69) is 10.6 Å². The molecule has 3 rings (SSSR count). The van der Waals surface area contributed by atoms with Crippen LogP contribution in [0.3, 0.4) is 0 Å². The fourth-order valence-electron chi connectivity index (χ4n) is 2.22. The lowest BCUT2D eigenvalue weighted by molar-refractivity contribution is 0.102. The van der Waals surface area contributed by atoms with E-state index < -0.39 is 0 Å². The number of nitrogens with one attached hydrogen (secondary N) is 2. The van der Waals surface area contributed by atoms with Crippen LogP contribution in [0.4, 0.5) is 11.4 Å². The van der Waals surface area contributed by atoms with E-state index >= 15 is 0 Å². The van der Waals surface area contributed by atoms with Gasteiger partial charge in [0.25, 0.3) is 11.8 Å². The second kappa shape index (κ2) is 7.10. The van der Waals surface area contributed by atoms with Gasteiger partial charge in [-0.15, -0.1) is 11.3 Å². The highest BCUT2D eigenvalue weighted by molar-refractivity contribution is 7.12. The fraction of sp³-hybridized carbons (Fsp3) is 0.0526. The zero-order valence-electron chi connectivity index (χ0n) is 13.1. The van der Waals surface area contributed by atoms with Crippen molar-refractivity contribution in [3.63, 3.8) is 0 Å². The normalized spacial score (nSPS) is 10.2. The number of carbonyl (C=O) groups excluding carboxylic acids is 2. The number of carbonyl (C=O) groups is 2. The summed E-state index contributed by atoms with van der Waals surface area (Å²) in [5, 5.41) is 7.59. The molecule has 3 aromatic rings. The number of anilines is 2. The lowest BCUT2D eigenvalue weighted by Crippen LogP contribution is -2.14. The van der Waals surface area contributed by atoms with Gasteiger partial charge in [0.05, 0.1) is 4.88 Å². The van der Waals surface area contributed by atoms with Gasteiger partial charge in [-0.1, -0.05) is 30.3 Å². The summed E-state index contributed by atoms with van der Waals surface area (Å²) < 4.78 is 0. The smallest absolute Gasteiger partial charge is 0.265 e. The first-order valence-corrected chi connectivity index (χ1v) is 8.33. The molecule has 0 bridgehead atoms. The molecule has 0 aliphatic carbocycles. The molecule has 0 saturated carbocycles. The number of hydrogen-bond donors (Lipinski definition) is 2. The molecule has 0 spiro atoms. The minimum atomic E-state index is -0.180. The molecule has 5 heteroatoms. The lowest BCUT2D eigenvalue weighted by atomic mass is 10.1. The molecule has 0 radical (unpaired) electrons. The van der Waals surface area contributed by atoms with Crippen molar-refractivity contribution < 1.29 is 9.59 Å². The second-order valence-corrected chi connectivity index (χ2v) is 6.23. The van der Waals surface area contributed by atoms with Crippen LogP contribution in [-0.4, -0.2) is 11.8 Å². The molecule has 0 aliphatic rings. The second-order valence-electron chi connectivity index (χ2n) is 5.28. The van der Waals surface area contributed by atoms with E-state index in [9.17, 15) is 9.59 Å². The molecule has 0 saturated heterocycles. The van der Waals surface area contributed by atoms with Gasteiger partial charge in [0.1, 0.15) is 0 Å². The van der Waals surface area contributed by atoms with Gasteiger partial charge in [-0.3, -0.25) is 9.59 Å². The highest BCUT2D eigenvalue weighted by atomic mass is 32.1. The van der Waals surface area contributed by atoms with Crippen LogP contribution >= 0.6 is 11.3 Å². The maximum atomic E-state index is 12.3. The Morgan fingerprint density at radius 3 is 2.38 bits per heavy atom. The molecule has 0 atom stereocenters. The summed E-state index contributed by atoms with van der Waals surface area (Å²) in [5.74, 6) is -0.338. The Bertz CT molecular complexity index is 858. The molecule has 0 aliphatic heterocycles. The number of thiophene rings is 1. The summed E-state index contributed by atoms with van der Waals surface area (Å²) in [6.07, 6.45) is 0. The van der Waals surface area contributed by atoms with Crippen LogP contribution in [0.2, 0.25) is 0 Å². The summed E-state index contributed by atoms with van der Waals surface area (Å²) in [7, 11) is 0. The molecular formula is C19H16N2O2S. The summed E-state index contributed by atoms with van der Waals surface area (Å²) in [4.78, 5) is 25.1. The first-order valence-electron chi connectivity index (χ1n) is 7.45. The highest BCUT2D eigenvalue weighted by Crippen LogP contribution is 2.22. The van der Waals surface area contributed by atoms with Crippen molar-refractivity contribution in [2.45, 2.75) is 6.92 Å². The third kappa shape index (κ3) is 3.70. The maximum absolute atomic E-state index is 12.3. The van der Waals surface area contributed by atoms with E-state index in [1.54, 1.807) is 24.3 Å². The van der Waals surface area contributed by atoms with Gasteiger partial charge >= 0.3 is 0 Å². The highest BCUT2D eigenvalue weighted by Gasteiger charge is 2.10. The zero-order valence-corrected chi connectivity index (χ0v) is 13.9. The number of amides is 2. The van der Waals surface area contributed by atoms with Crippen LogP contribution in [0, 0.1) is 6.92 Å². The van der Waals surface area contributed by atoms with E-state index in [-0.39, 0.29) is 11.8 Å². The van der Waals surface area contributed by atoms with Crippen molar-refractivity contribution in [3.8, 4) is 0 Å². The van der Waals surface area contributed by atoms with Crippen molar-refractivity contribution in [1.82, 2.24) is 0 Å². The van der Waals surface area contributed by atoms with Crippen LogP contribution in [-0.2, 0) is 0 Å². The van der Waals surface area contributed by atoms with Crippen LogP contribution < -0.4 is 10.6 Å². The van der Waals surface area contributed by atoms with Gasteiger partial charge in [-0.25, -0.2) is 0 Å². The van der Waals surface area contributed by atoms with Gasteiger partial charge in [0.15, 0.2) is 0 Å². The standard InChI is InChI=1S/C19H16N2O2S/c1-13-9-10-15(20-19(23)17-8-5-11-24-17)12-16(13)21-18(22)14-6-3-2-4-7-14/h2-12H,1H3,(H,20,23)(H,21,22). The molecule has 24 heavy (non-hydrogen) atoms. The average molecular weight is 336 g/mol. The van der Waals surface area contributed by atoms with E-state index in [0.717, 1.165) is 5.56 Å². The van der Waals surface area contributed by atoms with Crippen LogP contribution in [0.5, 0.6) is 0 Å². The Labute approximate surface area is 144 Å². The van der Waals surface area contributed by atoms with Gasteiger partial charge in [-0.2, -0.15) is 0 Å². The Balaban J connectivity index is 1.77. The quantitative estimate of drug-likeness (QED) is 0.734. The summed E-state index contributed by atoms with van der Waals surface area (Å²) in [6, 6.07) is 18.1. The Kier molecular flexibility index (Phi) is 4.72. The molecule has 1 heterocycles. The van der Waals surface area contributed by atoms with Gasteiger partial charge < -0.3 is 10.6 Å². The lowest BCUT2D eigenvalue weighted by Gasteiger charge is -2.11. The van der Waals surface area contributed by atoms with E-state index in [1.807, 2.05) is 48.7 Å². The SMILES string of the molecule is Cc1ccc(NC(=O)c2cccs2)cc1NC(=O)c1ccccc1. The van der Waals surface area contributed by atoms with Crippen molar-refractivity contribution >= 4 is 34.5 Å². The minimum Gasteiger partial charge on any atom is -0.322 e. The monoisotopic (exact) mass is 336 g/mol. The molecule has 0 unspecified atom stereocenters. The zero-order chi connectivity index (χ0) is 16.9. The van der Waals surface area contributed by atoms with Crippen molar-refractivity contribution in [3.05, 3.63) is 82.0 Å². The summed E-state index contributed by atoms with van der Waals surface area (Å²) in [6.45, 7) is 1.91. The topological polar surface area (TPSA) is 58.2 Å². The Morgan fingerprint density at radius 2 is 1.67 bits per heavy atom. The number of benzene rings is 2. The van der Waals surface area contributed by atoms with Crippen LogP contribution in [0.1, 0.15) is 25.6 Å². The van der Waals surface area contributed by atoms with Crippen LogP contribution in [0.25, 0.3) is 0 Å². The first kappa shape index (κ1) is 16.0. The van der Waals surface area contributed by atoms with Gasteiger partial charge in [0.2, 0.25) is 0 Å². The molecular weight excluding hydrogens is 320 g/mol. The van der Waals surface area contributed by atoms with Crippen molar-refractivity contribution in [2.75, 3.05) is 10.6 Å². The minimum absolute atomic E-state index is 0.158. The molecule has 120 valence electrons. The molecule has 2 aromatic carbocycles. The Morgan fingerprint density at radius 1 is 0.875 bits per heavy atom. The predicted octanol–water partition coefficient (Wildman–Crippen LogP) is 4.56. The molecule has 2 N–H and O–H groups in total. The van der Waals surface area contributed by atoms with Gasteiger partial charge in [-0.05, 0) is 48.2 Å². The molecule has 0 fully saturated rings. The average Bonchev–Trinajstić information content (AvgIpc) is 3.13. The fourth-order valence-corrected chi connectivity index (χ4v) is 2.84. The van der Waals surface area contributed by atoms with Gasteiger partial charge in [0, 0.05) is 16.9 Å². The molecule has 2 amide bonds. The largest absolute Gasteiger partial charge is 0.322 e. The number of hydrogen-bond acceptors (Lipinski definition) is 3. The third-order valence-corrected chi connectivity index (χ3v) is 4.39. The van der Waals surface area contributed by atoms with Crippen LogP contribution in [0.15, 0.2) is 66.0 Å². The number of rotatable bonds is 4. The predicted molar refractivity (Wildman–Crippen MR) is 97.8 cm³/mol.